The maximum Gasteiger partial charge on any atom is 0.281 e. The summed E-state index contributed by atoms with van der Waals surface area (Å²) in [6, 6.07) is 1.48. The molecule has 2 rings (SSSR count). The van der Waals surface area contributed by atoms with Crippen molar-refractivity contribution in [3.05, 3.63) is 54.3 Å². The fourth-order valence-electron chi connectivity index (χ4n) is 2.29. The molecule has 10 nitrogen and oxygen atoms in total. The molecular formula is C14H14BrN5O5. The van der Waals surface area contributed by atoms with Gasteiger partial charge in [-0.25, -0.2) is 0 Å². The van der Waals surface area contributed by atoms with E-state index >= 15 is 0 Å². The molecule has 1 heterocycles. The van der Waals surface area contributed by atoms with E-state index in [2.05, 4.69) is 26.3 Å². The second-order valence-electron chi connectivity index (χ2n) is 5.34. The van der Waals surface area contributed by atoms with E-state index in [4.69, 9.17) is 0 Å². The van der Waals surface area contributed by atoms with E-state index in [1.165, 1.54) is 11.6 Å². The van der Waals surface area contributed by atoms with Gasteiger partial charge in [0.05, 0.1) is 31.9 Å². The lowest BCUT2D eigenvalue weighted by atomic mass is 10.1. The van der Waals surface area contributed by atoms with Crippen molar-refractivity contribution < 1.29 is 14.6 Å². The van der Waals surface area contributed by atoms with Gasteiger partial charge in [0, 0.05) is 12.1 Å². The second-order valence-corrected chi connectivity index (χ2v) is 6.20. The monoisotopic (exact) mass is 411 g/mol. The van der Waals surface area contributed by atoms with Gasteiger partial charge in [-0.15, -0.1) is 0 Å². The van der Waals surface area contributed by atoms with Crippen LogP contribution in [0.2, 0.25) is 0 Å². The van der Waals surface area contributed by atoms with E-state index in [9.17, 15) is 25.0 Å². The molecular weight excluding hydrogens is 398 g/mol. The molecule has 0 saturated heterocycles. The fourth-order valence-corrected chi connectivity index (χ4v) is 2.56. The summed E-state index contributed by atoms with van der Waals surface area (Å²) in [4.78, 5) is 33.1. The molecule has 0 bridgehead atoms. The Bertz CT molecular complexity index is 843. The van der Waals surface area contributed by atoms with Crippen molar-refractivity contribution in [3.8, 4) is 0 Å². The number of hydrogen-bond acceptors (Lipinski definition) is 6. The molecule has 25 heavy (non-hydrogen) atoms. The van der Waals surface area contributed by atoms with Gasteiger partial charge in [0.25, 0.3) is 11.4 Å². The summed E-state index contributed by atoms with van der Waals surface area (Å²) in [7, 11) is 0. The number of nitro groups is 2. The molecule has 1 amide bonds. The summed E-state index contributed by atoms with van der Waals surface area (Å²) in [5.41, 5.74) is -0.244. The molecule has 0 radical (unpaired) electrons. The van der Waals surface area contributed by atoms with E-state index in [1.807, 2.05) is 0 Å². The molecule has 0 fully saturated rings. The third-order valence-electron chi connectivity index (χ3n) is 3.74. The Balaban J connectivity index is 2.36. The van der Waals surface area contributed by atoms with Gasteiger partial charge in [0.2, 0.25) is 5.91 Å². The van der Waals surface area contributed by atoms with E-state index in [1.54, 1.807) is 20.0 Å². The van der Waals surface area contributed by atoms with Gasteiger partial charge >= 0.3 is 0 Å². The normalized spacial score (nSPS) is 11.8. The molecule has 0 spiro atoms. The van der Waals surface area contributed by atoms with Gasteiger partial charge in [-0.3, -0.25) is 29.7 Å². The summed E-state index contributed by atoms with van der Waals surface area (Å²) in [5, 5.41) is 28.7. The highest BCUT2D eigenvalue weighted by Gasteiger charge is 2.25. The van der Waals surface area contributed by atoms with Crippen LogP contribution in [0.5, 0.6) is 0 Å². The highest BCUT2D eigenvalue weighted by atomic mass is 79.9. The number of amides is 1. The van der Waals surface area contributed by atoms with Crippen molar-refractivity contribution in [2.24, 2.45) is 0 Å². The summed E-state index contributed by atoms with van der Waals surface area (Å²) in [5.74, 6) is -0.508. The van der Waals surface area contributed by atoms with Gasteiger partial charge in [-0.1, -0.05) is 0 Å². The van der Waals surface area contributed by atoms with Gasteiger partial charge in [0.1, 0.15) is 11.6 Å². The number of benzene rings is 1. The molecule has 1 atom stereocenters. The molecule has 0 saturated carbocycles. The number of aromatic nitrogens is 2. The zero-order valence-electron chi connectivity index (χ0n) is 13.5. The Labute approximate surface area is 150 Å². The molecule has 132 valence electrons. The van der Waals surface area contributed by atoms with Crippen molar-refractivity contribution in [1.82, 2.24) is 9.78 Å². The highest BCUT2D eigenvalue weighted by molar-refractivity contribution is 9.10. The highest BCUT2D eigenvalue weighted by Crippen LogP contribution is 2.32. The zero-order valence-corrected chi connectivity index (χ0v) is 15.1. The van der Waals surface area contributed by atoms with Crippen molar-refractivity contribution in [2.45, 2.75) is 26.8 Å². The molecule has 0 aliphatic carbocycles. The van der Waals surface area contributed by atoms with E-state index in [0.29, 0.717) is 0 Å². The predicted octanol–water partition coefficient (Wildman–Crippen LogP) is 3.28. The molecule has 1 unspecified atom stereocenters. The Kier molecular flexibility index (Phi) is 5.16. The third kappa shape index (κ3) is 3.65. The smallest absolute Gasteiger partial charge is 0.281 e. The van der Waals surface area contributed by atoms with Gasteiger partial charge in [-0.2, -0.15) is 5.10 Å². The number of nitrogens with one attached hydrogen (secondary N) is 1. The van der Waals surface area contributed by atoms with Crippen molar-refractivity contribution in [3.63, 3.8) is 0 Å². The van der Waals surface area contributed by atoms with Crippen LogP contribution in [-0.2, 0) is 4.79 Å². The number of anilines is 1. The Morgan fingerprint density at radius 2 is 1.76 bits per heavy atom. The van der Waals surface area contributed by atoms with Crippen LogP contribution >= 0.6 is 15.9 Å². The minimum Gasteiger partial charge on any atom is -0.324 e. The maximum atomic E-state index is 12.4. The Hall–Kier alpha value is -2.82. The number of carbonyl (C=O) groups excluding carboxylic acids is 1. The topological polar surface area (TPSA) is 133 Å². The predicted molar refractivity (Wildman–Crippen MR) is 92.5 cm³/mol. The SMILES string of the molecule is Cc1c([N+](=O)[O-])cc(NC(=O)C(C)n2ncc(Br)c2C)cc1[N+](=O)[O-]. The van der Waals surface area contributed by atoms with E-state index in [0.717, 1.165) is 22.3 Å². The largest absolute Gasteiger partial charge is 0.324 e. The lowest BCUT2D eigenvalue weighted by Gasteiger charge is -2.14. The van der Waals surface area contributed by atoms with Crippen LogP contribution in [0.1, 0.15) is 24.2 Å². The van der Waals surface area contributed by atoms with Crippen molar-refractivity contribution in [1.29, 1.82) is 0 Å². The first-order chi connectivity index (χ1) is 11.6. The van der Waals surface area contributed by atoms with E-state index < -0.39 is 33.2 Å². The summed E-state index contributed by atoms with van der Waals surface area (Å²) in [6.45, 7) is 4.65. The van der Waals surface area contributed by atoms with Gasteiger partial charge < -0.3 is 5.32 Å². The Morgan fingerprint density at radius 3 is 2.16 bits per heavy atom. The number of nitrogens with zero attached hydrogens (tertiary/aromatic N) is 4. The summed E-state index contributed by atoms with van der Waals surface area (Å²) >= 11 is 3.29. The average molecular weight is 412 g/mol. The van der Waals surface area contributed by atoms with Gasteiger partial charge in [0.15, 0.2) is 0 Å². The minimum absolute atomic E-state index is 0.0234. The number of rotatable bonds is 5. The van der Waals surface area contributed by atoms with Crippen LogP contribution in [0.25, 0.3) is 0 Å². The summed E-state index contributed by atoms with van der Waals surface area (Å²) in [6.07, 6.45) is 1.54. The maximum absolute atomic E-state index is 12.4. The molecule has 1 aromatic carbocycles. The Morgan fingerprint density at radius 1 is 1.24 bits per heavy atom. The first kappa shape index (κ1) is 18.5. The second kappa shape index (κ2) is 6.97. The number of halogens is 1. The van der Waals surface area contributed by atoms with Crippen LogP contribution < -0.4 is 5.32 Å². The minimum atomic E-state index is -0.726. The first-order valence-electron chi connectivity index (χ1n) is 7.07. The lowest BCUT2D eigenvalue weighted by Crippen LogP contribution is -2.25. The zero-order chi connectivity index (χ0) is 18.9. The quantitative estimate of drug-likeness (QED) is 0.592. The third-order valence-corrected chi connectivity index (χ3v) is 4.52. The number of hydrogen-bond donors (Lipinski definition) is 1. The van der Waals surface area contributed by atoms with Gasteiger partial charge in [-0.05, 0) is 36.7 Å². The van der Waals surface area contributed by atoms with Crippen molar-refractivity contribution >= 4 is 38.9 Å². The van der Waals surface area contributed by atoms with Crippen LogP contribution in [-0.4, -0.2) is 25.5 Å². The average Bonchev–Trinajstić information content (AvgIpc) is 2.87. The molecule has 1 aromatic heterocycles. The van der Waals surface area contributed by atoms with Crippen LogP contribution in [0.4, 0.5) is 17.1 Å². The van der Waals surface area contributed by atoms with Crippen LogP contribution in [0, 0.1) is 34.1 Å². The first-order valence-corrected chi connectivity index (χ1v) is 7.86. The molecule has 11 heteroatoms. The molecule has 0 aliphatic heterocycles. The standard InChI is InChI=1S/C14H14BrN5O5/c1-7-12(19(22)23)4-10(5-13(7)20(24)25)17-14(21)9(3)18-8(2)11(15)6-16-18/h4-6,9H,1-3H3,(H,17,21). The van der Waals surface area contributed by atoms with Crippen LogP contribution in [0.15, 0.2) is 22.8 Å². The van der Waals surface area contributed by atoms with Crippen molar-refractivity contribution in [2.75, 3.05) is 5.32 Å². The fraction of sp³-hybridized carbons (Fsp3) is 0.286. The summed E-state index contributed by atoms with van der Waals surface area (Å²) < 4.78 is 2.20. The molecule has 1 N–H and O–H groups in total. The number of nitro benzene ring substituents is 2. The molecule has 2 aromatic rings. The van der Waals surface area contributed by atoms with E-state index in [-0.39, 0.29) is 11.3 Å². The van der Waals surface area contributed by atoms with Crippen LogP contribution in [0.3, 0.4) is 0 Å². The number of carbonyl (C=O) groups is 1. The molecule has 0 aliphatic rings. The lowest BCUT2D eigenvalue weighted by molar-refractivity contribution is -0.395.